The van der Waals surface area contributed by atoms with E-state index in [2.05, 4.69) is 37.2 Å². The Morgan fingerprint density at radius 1 is 0.815 bits per heavy atom. The number of hydrogen-bond donors (Lipinski definition) is 11. The predicted octanol–water partition coefficient (Wildman–Crippen LogP) is -2.33. The van der Waals surface area contributed by atoms with Crippen molar-refractivity contribution in [2.45, 2.75) is 140 Å². The standard InChI is InChI=1S/C42H63N9O13S/c1-23(2)17-27-39(61)49-28(19-25-10-12-31(52)26(18-25)11-13-35(56)57)40(62)51-42(14-6-4-7-15-42)41(63)50-29(20-32(43)53)38(60)45-16-8-5-9-33(54)47-30(36(44)58)21-65(64)22-34(55)46-24(3)37(59)48-27/h10,12,18,23-24,27-30,52H,4-9,11,13-17,19-22H2,1-3H3,(H2,43,53)(H2,44,58)(H,45,60)(H,46,55)(H,47,54)(H,48,59)(H,49,61)(H,50,63)(H,51,62)(H,56,57)/t24-,27?,28?,29?,30?,65?/m0/s1. The molecular formula is C42H63N9O13S. The second-order valence-corrected chi connectivity index (χ2v) is 18.5. The molecule has 1 saturated carbocycles. The number of aromatic hydroxyl groups is 1. The van der Waals surface area contributed by atoms with Crippen LogP contribution in [0.4, 0.5) is 0 Å². The van der Waals surface area contributed by atoms with Gasteiger partial charge in [0.15, 0.2) is 0 Å². The van der Waals surface area contributed by atoms with Crippen molar-refractivity contribution in [1.29, 1.82) is 0 Å². The Hall–Kier alpha value is -6.13. The van der Waals surface area contributed by atoms with Crippen LogP contribution < -0.4 is 48.7 Å². The Bertz CT molecular complexity index is 1970. The number of primary amides is 2. The molecule has 6 atom stereocenters. The fourth-order valence-corrected chi connectivity index (χ4v) is 8.58. The molecule has 1 aromatic carbocycles. The Balaban J connectivity index is 2.06. The summed E-state index contributed by atoms with van der Waals surface area (Å²) in [6.45, 7) is 4.85. The molecule has 22 nitrogen and oxygen atoms in total. The molecule has 65 heavy (non-hydrogen) atoms. The zero-order valence-electron chi connectivity index (χ0n) is 37.0. The number of aryl methyl sites for hydroxylation is 1. The van der Waals surface area contributed by atoms with E-state index in [9.17, 15) is 62.4 Å². The van der Waals surface area contributed by atoms with Crippen molar-refractivity contribution in [3.05, 3.63) is 29.3 Å². The van der Waals surface area contributed by atoms with Gasteiger partial charge in [0.2, 0.25) is 53.2 Å². The van der Waals surface area contributed by atoms with Crippen molar-refractivity contribution in [1.82, 2.24) is 37.2 Å². The Morgan fingerprint density at radius 2 is 1.49 bits per heavy atom. The van der Waals surface area contributed by atoms with Gasteiger partial charge in [-0.15, -0.1) is 0 Å². The van der Waals surface area contributed by atoms with Gasteiger partial charge in [0.1, 0.15) is 47.3 Å². The van der Waals surface area contributed by atoms with E-state index in [4.69, 9.17) is 11.5 Å². The molecule has 0 radical (unpaired) electrons. The molecule has 0 aromatic heterocycles. The fourth-order valence-electron chi connectivity index (χ4n) is 7.47. The molecule has 360 valence electrons. The highest BCUT2D eigenvalue weighted by Crippen LogP contribution is 2.29. The lowest BCUT2D eigenvalue weighted by Crippen LogP contribution is -2.66. The molecule has 3 rings (SSSR count). The number of nitrogens with two attached hydrogens (primary N) is 2. The van der Waals surface area contributed by atoms with Crippen molar-refractivity contribution >= 4 is 69.9 Å². The smallest absolute Gasteiger partial charge is 0.303 e. The predicted molar refractivity (Wildman–Crippen MR) is 234 cm³/mol. The van der Waals surface area contributed by atoms with E-state index in [1.807, 2.05) is 0 Å². The lowest BCUT2D eigenvalue weighted by Gasteiger charge is -2.38. The first-order valence-electron chi connectivity index (χ1n) is 21.6. The summed E-state index contributed by atoms with van der Waals surface area (Å²) in [5.41, 5.74) is 9.90. The largest absolute Gasteiger partial charge is 0.508 e. The van der Waals surface area contributed by atoms with Gasteiger partial charge in [0.25, 0.3) is 0 Å². The summed E-state index contributed by atoms with van der Waals surface area (Å²) < 4.78 is 12.9. The zero-order chi connectivity index (χ0) is 48.4. The van der Waals surface area contributed by atoms with Gasteiger partial charge in [0, 0.05) is 36.6 Å². The van der Waals surface area contributed by atoms with Crippen LogP contribution in [-0.2, 0) is 71.6 Å². The molecule has 0 bridgehead atoms. The number of nitrogens with one attached hydrogen (secondary N) is 7. The fraction of sp³-hybridized carbons (Fsp3) is 0.619. The summed E-state index contributed by atoms with van der Waals surface area (Å²) in [5, 5.41) is 37.8. The van der Waals surface area contributed by atoms with Gasteiger partial charge in [-0.25, -0.2) is 0 Å². The van der Waals surface area contributed by atoms with Crippen LogP contribution >= 0.6 is 0 Å². The number of carboxylic acids is 1. The molecule has 13 N–H and O–H groups in total. The van der Waals surface area contributed by atoms with E-state index in [0.717, 1.165) is 0 Å². The quantitative estimate of drug-likeness (QED) is 0.117. The highest BCUT2D eigenvalue weighted by atomic mass is 32.2. The molecule has 1 saturated heterocycles. The minimum Gasteiger partial charge on any atom is -0.508 e. The molecule has 1 aliphatic carbocycles. The number of aliphatic carboxylic acids is 1. The highest BCUT2D eigenvalue weighted by Gasteiger charge is 2.44. The van der Waals surface area contributed by atoms with Crippen molar-refractivity contribution in [3.63, 3.8) is 0 Å². The maximum Gasteiger partial charge on any atom is 0.303 e. The number of carbonyl (C=O) groups excluding carboxylic acids is 9. The minimum absolute atomic E-state index is 0.0122. The summed E-state index contributed by atoms with van der Waals surface area (Å²) in [6.07, 6.45) is 0.973. The van der Waals surface area contributed by atoms with Gasteiger partial charge in [0.05, 0.1) is 12.2 Å². The van der Waals surface area contributed by atoms with Crippen LogP contribution in [0.2, 0.25) is 0 Å². The van der Waals surface area contributed by atoms with Gasteiger partial charge in [-0.2, -0.15) is 0 Å². The average Bonchev–Trinajstić information content (AvgIpc) is 3.21. The number of amides is 9. The van der Waals surface area contributed by atoms with Crippen LogP contribution in [0.1, 0.15) is 103 Å². The number of hydrogen-bond acceptors (Lipinski definition) is 12. The van der Waals surface area contributed by atoms with Gasteiger partial charge < -0.3 is 58.9 Å². The average molecular weight is 934 g/mol. The van der Waals surface area contributed by atoms with Crippen LogP contribution in [0, 0.1) is 5.92 Å². The number of phenolic OH excluding ortho intramolecular Hbond substituents is 1. The second-order valence-electron chi connectivity index (χ2n) is 17.0. The summed E-state index contributed by atoms with van der Waals surface area (Å²) >= 11 is 0. The third-order valence-corrected chi connectivity index (χ3v) is 12.2. The van der Waals surface area contributed by atoms with E-state index in [-0.39, 0.29) is 81.6 Å². The molecule has 2 aliphatic rings. The molecule has 23 heteroatoms. The summed E-state index contributed by atoms with van der Waals surface area (Å²) in [6, 6.07) is -2.63. The summed E-state index contributed by atoms with van der Waals surface area (Å²) in [7, 11) is -2.05. The maximum absolute atomic E-state index is 14.5. The Kier molecular flexibility index (Phi) is 20.8. The Labute approximate surface area is 379 Å². The van der Waals surface area contributed by atoms with E-state index >= 15 is 0 Å². The third kappa shape index (κ3) is 17.8. The lowest BCUT2D eigenvalue weighted by atomic mass is 9.80. The van der Waals surface area contributed by atoms with Crippen molar-refractivity contribution in [2.75, 3.05) is 18.1 Å². The summed E-state index contributed by atoms with van der Waals surface area (Å²) in [4.78, 5) is 131. The monoisotopic (exact) mass is 933 g/mol. The van der Waals surface area contributed by atoms with Gasteiger partial charge >= 0.3 is 5.97 Å². The van der Waals surface area contributed by atoms with E-state index in [0.29, 0.717) is 24.8 Å². The van der Waals surface area contributed by atoms with Crippen molar-refractivity contribution in [2.24, 2.45) is 17.4 Å². The third-order valence-electron chi connectivity index (χ3n) is 10.9. The number of rotatable bonds is 10. The summed E-state index contributed by atoms with van der Waals surface area (Å²) in [5.74, 6) is -10.2. The molecule has 5 unspecified atom stereocenters. The molecule has 1 aromatic rings. The van der Waals surface area contributed by atoms with Crippen molar-refractivity contribution in [3.8, 4) is 5.75 Å². The lowest BCUT2D eigenvalue weighted by molar-refractivity contribution is -0.139. The number of carbonyl (C=O) groups is 10. The first-order chi connectivity index (χ1) is 30.6. The van der Waals surface area contributed by atoms with Crippen LogP contribution in [0.5, 0.6) is 5.75 Å². The normalized spacial score (nSPS) is 25.1. The van der Waals surface area contributed by atoms with Gasteiger partial charge in [-0.3, -0.25) is 52.2 Å². The maximum atomic E-state index is 14.5. The molecular weight excluding hydrogens is 871 g/mol. The van der Waals surface area contributed by atoms with E-state index < -0.39 is 124 Å². The number of benzene rings is 1. The SMILES string of the molecule is CC(C)CC1NC(=O)[C@H](C)NC(=O)CS(=O)CC(C(N)=O)NC(=O)CCCCNC(=O)C(CC(N)=O)NC(=O)C2(CCCCC2)NC(=O)C(Cc2ccc(O)c(CCC(=O)O)c2)NC1=O. The van der Waals surface area contributed by atoms with Crippen LogP contribution in [0.25, 0.3) is 0 Å². The molecule has 1 aliphatic heterocycles. The first kappa shape index (κ1) is 53.2. The molecule has 9 amide bonds. The van der Waals surface area contributed by atoms with E-state index in [1.165, 1.54) is 25.1 Å². The molecule has 1 heterocycles. The number of carboxylic acid groups (broad SMARTS) is 1. The minimum atomic E-state index is -2.05. The molecule has 2 fully saturated rings. The topological polar surface area (TPSA) is 364 Å². The van der Waals surface area contributed by atoms with E-state index in [1.54, 1.807) is 13.8 Å². The van der Waals surface area contributed by atoms with Crippen LogP contribution in [-0.4, -0.2) is 127 Å². The van der Waals surface area contributed by atoms with Gasteiger partial charge in [-0.05, 0) is 68.6 Å². The van der Waals surface area contributed by atoms with Gasteiger partial charge in [-0.1, -0.05) is 45.2 Å². The zero-order valence-corrected chi connectivity index (χ0v) is 37.8. The molecule has 1 spiro atoms. The van der Waals surface area contributed by atoms with Crippen LogP contribution in [0.3, 0.4) is 0 Å². The first-order valence-corrected chi connectivity index (χ1v) is 23.1. The number of phenols is 1. The van der Waals surface area contributed by atoms with Crippen LogP contribution in [0.15, 0.2) is 18.2 Å². The Morgan fingerprint density at radius 3 is 2.12 bits per heavy atom. The highest BCUT2D eigenvalue weighted by molar-refractivity contribution is 7.85. The second kappa shape index (κ2) is 25.4. The van der Waals surface area contributed by atoms with Crippen molar-refractivity contribution < 1.29 is 62.4 Å².